The van der Waals surface area contributed by atoms with Gasteiger partial charge in [-0.25, -0.2) is 0 Å². The normalized spacial score (nSPS) is 49.0. The van der Waals surface area contributed by atoms with E-state index in [0.717, 1.165) is 0 Å². The van der Waals surface area contributed by atoms with Crippen LogP contribution in [0.15, 0.2) is 0 Å². The summed E-state index contributed by atoms with van der Waals surface area (Å²) in [5, 5.41) is 28.4. The van der Waals surface area contributed by atoms with Crippen LogP contribution in [0.3, 0.4) is 0 Å². The highest BCUT2D eigenvalue weighted by Gasteiger charge is 2.60. The number of hydrogen-bond acceptors (Lipinski definition) is 6. The molecule has 3 N–H and O–H groups in total. The Morgan fingerprint density at radius 3 is 2.60 bits per heavy atom. The number of aliphatic hydroxyl groups is 3. The molecule has 2 aliphatic heterocycles. The van der Waals surface area contributed by atoms with Crippen LogP contribution >= 0.6 is 0 Å². The van der Waals surface area contributed by atoms with E-state index in [4.69, 9.17) is 14.2 Å². The summed E-state index contributed by atoms with van der Waals surface area (Å²) >= 11 is 0. The third kappa shape index (κ3) is 1.67. The van der Waals surface area contributed by atoms with E-state index in [1.54, 1.807) is 13.8 Å². The molecular weight excluding hydrogens is 204 g/mol. The van der Waals surface area contributed by atoms with Crippen molar-refractivity contribution in [2.24, 2.45) is 0 Å². The van der Waals surface area contributed by atoms with E-state index in [1.807, 2.05) is 0 Å². The third-order valence-corrected chi connectivity index (χ3v) is 2.69. The Morgan fingerprint density at radius 1 is 1.33 bits per heavy atom. The monoisotopic (exact) mass is 220 g/mol. The standard InChI is InChI=1S/C9H16O6/c1-8(2)14-7-6(12)5(11)3-13-9(7,4-10)15-8/h5-7,10-12H,3-4H2,1-2H3/t5-,6+,7-,9?/m0/s1. The number of fused-ring (bicyclic) bond motifs is 1. The summed E-state index contributed by atoms with van der Waals surface area (Å²) in [5.41, 5.74) is 0. The van der Waals surface area contributed by atoms with E-state index >= 15 is 0 Å². The molecule has 0 aliphatic carbocycles. The lowest BCUT2D eigenvalue weighted by Crippen LogP contribution is -2.61. The molecular formula is C9H16O6. The first-order valence-electron chi connectivity index (χ1n) is 4.89. The van der Waals surface area contributed by atoms with E-state index in [1.165, 1.54) is 0 Å². The van der Waals surface area contributed by atoms with Gasteiger partial charge in [-0.2, -0.15) is 0 Å². The topological polar surface area (TPSA) is 88.4 Å². The molecule has 0 radical (unpaired) electrons. The van der Waals surface area contributed by atoms with Gasteiger partial charge in [-0.05, 0) is 13.8 Å². The molecule has 6 heteroatoms. The van der Waals surface area contributed by atoms with Gasteiger partial charge in [-0.15, -0.1) is 0 Å². The van der Waals surface area contributed by atoms with Gasteiger partial charge in [-0.3, -0.25) is 0 Å². The van der Waals surface area contributed by atoms with Gasteiger partial charge < -0.3 is 29.5 Å². The van der Waals surface area contributed by atoms with Crippen molar-refractivity contribution in [3.63, 3.8) is 0 Å². The fourth-order valence-corrected chi connectivity index (χ4v) is 2.03. The minimum atomic E-state index is -1.36. The van der Waals surface area contributed by atoms with Gasteiger partial charge in [0.25, 0.3) is 0 Å². The highest BCUT2D eigenvalue weighted by Crippen LogP contribution is 2.41. The predicted octanol–water partition coefficient (Wildman–Crippen LogP) is -1.42. The van der Waals surface area contributed by atoms with Crippen LogP contribution in [0.1, 0.15) is 13.8 Å². The summed E-state index contributed by atoms with van der Waals surface area (Å²) in [6.45, 7) is 2.80. The Morgan fingerprint density at radius 2 is 2.00 bits per heavy atom. The first kappa shape index (κ1) is 11.3. The van der Waals surface area contributed by atoms with Crippen LogP contribution in [-0.2, 0) is 14.2 Å². The van der Waals surface area contributed by atoms with Crippen molar-refractivity contribution in [1.29, 1.82) is 0 Å². The predicted molar refractivity (Wildman–Crippen MR) is 47.8 cm³/mol. The van der Waals surface area contributed by atoms with E-state index in [2.05, 4.69) is 0 Å². The molecule has 2 aliphatic rings. The summed E-state index contributed by atoms with van der Waals surface area (Å²) in [5.74, 6) is -2.30. The molecule has 0 aromatic carbocycles. The quantitative estimate of drug-likeness (QED) is 0.502. The van der Waals surface area contributed by atoms with Crippen molar-refractivity contribution in [3.05, 3.63) is 0 Å². The molecule has 0 bridgehead atoms. The molecule has 1 unspecified atom stereocenters. The maximum Gasteiger partial charge on any atom is 0.224 e. The van der Waals surface area contributed by atoms with Crippen LogP contribution in [0, 0.1) is 0 Å². The van der Waals surface area contributed by atoms with Crippen molar-refractivity contribution in [1.82, 2.24) is 0 Å². The molecule has 2 fully saturated rings. The summed E-state index contributed by atoms with van der Waals surface area (Å²) in [6, 6.07) is 0. The van der Waals surface area contributed by atoms with E-state index in [0.29, 0.717) is 0 Å². The molecule has 15 heavy (non-hydrogen) atoms. The van der Waals surface area contributed by atoms with Crippen molar-refractivity contribution in [2.75, 3.05) is 13.2 Å². The molecule has 2 heterocycles. The lowest BCUT2D eigenvalue weighted by Gasteiger charge is -2.39. The summed E-state index contributed by atoms with van der Waals surface area (Å²) < 4.78 is 16.1. The second-order valence-corrected chi connectivity index (χ2v) is 4.38. The summed E-state index contributed by atoms with van der Waals surface area (Å²) in [4.78, 5) is 0. The van der Waals surface area contributed by atoms with Gasteiger partial charge in [0, 0.05) is 0 Å². The maximum atomic E-state index is 9.73. The summed E-state index contributed by atoms with van der Waals surface area (Å²) in [7, 11) is 0. The van der Waals surface area contributed by atoms with Crippen LogP contribution in [0.2, 0.25) is 0 Å². The minimum absolute atomic E-state index is 0.0856. The summed E-state index contributed by atoms with van der Waals surface area (Å²) in [6.07, 6.45) is -3.01. The second-order valence-electron chi connectivity index (χ2n) is 4.38. The second kappa shape index (κ2) is 3.38. The molecule has 2 saturated heterocycles. The average Bonchev–Trinajstić information content (AvgIpc) is 2.45. The van der Waals surface area contributed by atoms with Crippen molar-refractivity contribution >= 4 is 0 Å². The molecule has 0 aromatic rings. The molecule has 6 nitrogen and oxygen atoms in total. The van der Waals surface area contributed by atoms with Crippen LogP contribution in [0.4, 0.5) is 0 Å². The van der Waals surface area contributed by atoms with E-state index in [9.17, 15) is 15.3 Å². The third-order valence-electron chi connectivity index (χ3n) is 2.69. The molecule has 0 aromatic heterocycles. The smallest absolute Gasteiger partial charge is 0.224 e. The molecule has 88 valence electrons. The SMILES string of the molecule is CC1(C)O[C@H]2[C@H](O)[C@@H](O)COC2(CO)O1. The van der Waals surface area contributed by atoms with Gasteiger partial charge in [0.1, 0.15) is 24.9 Å². The van der Waals surface area contributed by atoms with Gasteiger partial charge in [0.2, 0.25) is 5.79 Å². The van der Waals surface area contributed by atoms with Gasteiger partial charge in [-0.1, -0.05) is 0 Å². The Balaban J connectivity index is 2.27. The average molecular weight is 220 g/mol. The largest absolute Gasteiger partial charge is 0.391 e. The molecule has 0 amide bonds. The van der Waals surface area contributed by atoms with Crippen LogP contribution in [0.5, 0.6) is 0 Å². The lowest BCUT2D eigenvalue weighted by molar-refractivity contribution is -0.304. The zero-order valence-corrected chi connectivity index (χ0v) is 8.71. The molecule has 0 saturated carbocycles. The highest BCUT2D eigenvalue weighted by atomic mass is 16.8. The fourth-order valence-electron chi connectivity index (χ4n) is 2.03. The van der Waals surface area contributed by atoms with Crippen molar-refractivity contribution < 1.29 is 29.5 Å². The molecule has 2 rings (SSSR count). The van der Waals surface area contributed by atoms with Crippen LogP contribution in [-0.4, -0.2) is 58.4 Å². The first-order valence-corrected chi connectivity index (χ1v) is 4.89. The zero-order chi connectivity index (χ0) is 11.3. The van der Waals surface area contributed by atoms with E-state index < -0.39 is 36.5 Å². The lowest BCUT2D eigenvalue weighted by atomic mass is 9.98. The number of aliphatic hydroxyl groups excluding tert-OH is 3. The van der Waals surface area contributed by atoms with Gasteiger partial charge >= 0.3 is 0 Å². The number of rotatable bonds is 1. The Kier molecular flexibility index (Phi) is 2.53. The molecule has 4 atom stereocenters. The fraction of sp³-hybridized carbons (Fsp3) is 1.00. The van der Waals surface area contributed by atoms with Crippen LogP contribution < -0.4 is 0 Å². The van der Waals surface area contributed by atoms with Gasteiger partial charge in [0.05, 0.1) is 6.61 Å². The van der Waals surface area contributed by atoms with Crippen molar-refractivity contribution in [2.45, 2.75) is 43.7 Å². The van der Waals surface area contributed by atoms with Crippen LogP contribution in [0.25, 0.3) is 0 Å². The Labute approximate surface area is 87.4 Å². The molecule has 0 spiro atoms. The first-order chi connectivity index (χ1) is 6.90. The minimum Gasteiger partial charge on any atom is -0.391 e. The van der Waals surface area contributed by atoms with Gasteiger partial charge in [0.15, 0.2) is 5.79 Å². The number of ether oxygens (including phenoxy) is 3. The zero-order valence-electron chi connectivity index (χ0n) is 8.71. The van der Waals surface area contributed by atoms with Crippen molar-refractivity contribution in [3.8, 4) is 0 Å². The maximum absolute atomic E-state index is 9.73. The number of hydrogen-bond donors (Lipinski definition) is 3. The Bertz CT molecular complexity index is 255. The van der Waals surface area contributed by atoms with E-state index in [-0.39, 0.29) is 6.61 Å². The highest BCUT2D eigenvalue weighted by molar-refractivity contribution is 4.98. The Hall–Kier alpha value is -0.240.